The van der Waals surface area contributed by atoms with Gasteiger partial charge in [-0.05, 0) is 18.9 Å². The first kappa shape index (κ1) is 11.6. The van der Waals surface area contributed by atoms with Crippen molar-refractivity contribution in [2.45, 2.75) is 51.9 Å². The van der Waals surface area contributed by atoms with E-state index in [1.807, 2.05) is 0 Å². The van der Waals surface area contributed by atoms with Gasteiger partial charge in [-0.2, -0.15) is 0 Å². The lowest BCUT2D eigenvalue weighted by molar-refractivity contribution is 0.0771. The number of unbranched alkanes of at least 4 members (excludes halogenated alkanes) is 4. The summed E-state index contributed by atoms with van der Waals surface area (Å²) < 4.78 is 24.4. The van der Waals surface area contributed by atoms with E-state index in [0.717, 1.165) is 32.3 Å². The fraction of sp³-hybridized carbons (Fsp3) is 0.800. The predicted molar refractivity (Wildman–Crippen MR) is 48.5 cm³/mol. The molecule has 0 heterocycles. The lowest BCUT2D eigenvalue weighted by Crippen LogP contribution is -2.02. The van der Waals surface area contributed by atoms with Crippen LogP contribution in [0.3, 0.4) is 0 Å². The Kier molecular flexibility index (Phi) is 5.95. The molecule has 0 unspecified atom stereocenters. The molecule has 0 amide bonds. The third-order valence-electron chi connectivity index (χ3n) is 1.63. The number of hydrogen-bond donors (Lipinski definition) is 0. The van der Waals surface area contributed by atoms with Gasteiger partial charge in [0.25, 0.3) is 5.92 Å². The second-order valence-electron chi connectivity index (χ2n) is 3.21. The van der Waals surface area contributed by atoms with Crippen molar-refractivity contribution in [3.8, 4) is 0 Å². The Labute approximate surface area is 73.7 Å². The number of rotatable bonds is 6. The maximum atomic E-state index is 12.2. The molecule has 72 valence electrons. The fourth-order valence-corrected chi connectivity index (χ4v) is 0.979. The van der Waals surface area contributed by atoms with Crippen LogP contribution in [0.1, 0.15) is 46.0 Å². The average Bonchev–Trinajstić information content (AvgIpc) is 1.94. The van der Waals surface area contributed by atoms with Crippen LogP contribution in [0.4, 0.5) is 8.78 Å². The molecule has 0 atom stereocenters. The molecule has 0 radical (unpaired) electrons. The summed E-state index contributed by atoms with van der Waals surface area (Å²) in [5, 5.41) is 0. The van der Waals surface area contributed by atoms with Crippen molar-refractivity contribution in [3.63, 3.8) is 0 Å². The van der Waals surface area contributed by atoms with Crippen molar-refractivity contribution in [3.05, 3.63) is 12.2 Å². The van der Waals surface area contributed by atoms with Crippen molar-refractivity contribution in [2.75, 3.05) is 0 Å². The van der Waals surface area contributed by atoms with Crippen molar-refractivity contribution < 1.29 is 8.78 Å². The maximum Gasteiger partial charge on any atom is 0.263 e. The van der Waals surface area contributed by atoms with Crippen LogP contribution >= 0.6 is 0 Å². The molecule has 0 spiro atoms. The van der Waals surface area contributed by atoms with Crippen LogP contribution in [0, 0.1) is 0 Å². The Morgan fingerprint density at radius 2 is 1.83 bits per heavy atom. The summed E-state index contributed by atoms with van der Waals surface area (Å²) in [6, 6.07) is 0. The highest BCUT2D eigenvalue weighted by Crippen LogP contribution is 2.14. The molecule has 0 fully saturated rings. The van der Waals surface area contributed by atoms with Gasteiger partial charge in [0.15, 0.2) is 0 Å². The maximum absolute atomic E-state index is 12.2. The molecule has 12 heavy (non-hydrogen) atoms. The first-order chi connectivity index (χ1) is 5.56. The van der Waals surface area contributed by atoms with Crippen LogP contribution in [0.25, 0.3) is 0 Å². The van der Waals surface area contributed by atoms with E-state index in [-0.39, 0.29) is 0 Å². The Morgan fingerprint density at radius 1 is 1.17 bits per heavy atom. The van der Waals surface area contributed by atoms with Crippen LogP contribution in [0.5, 0.6) is 0 Å². The van der Waals surface area contributed by atoms with Crippen LogP contribution < -0.4 is 0 Å². The Balaban J connectivity index is 3.25. The van der Waals surface area contributed by atoms with E-state index in [2.05, 4.69) is 6.92 Å². The van der Waals surface area contributed by atoms with Gasteiger partial charge in [0.1, 0.15) is 0 Å². The quantitative estimate of drug-likeness (QED) is 0.421. The summed E-state index contributed by atoms with van der Waals surface area (Å²) in [5.74, 6) is -2.63. The summed E-state index contributed by atoms with van der Waals surface area (Å²) in [7, 11) is 0. The number of alkyl halides is 2. The highest BCUT2D eigenvalue weighted by Gasteiger charge is 2.14. The molecule has 0 aromatic rings. The molecular weight excluding hydrogens is 158 g/mol. The minimum absolute atomic E-state index is 0.781. The summed E-state index contributed by atoms with van der Waals surface area (Å²) in [6.07, 6.45) is 7.92. The fourth-order valence-electron chi connectivity index (χ4n) is 0.979. The van der Waals surface area contributed by atoms with Crippen molar-refractivity contribution in [1.29, 1.82) is 0 Å². The smallest absolute Gasteiger partial charge is 0.202 e. The second-order valence-corrected chi connectivity index (χ2v) is 3.21. The van der Waals surface area contributed by atoms with Gasteiger partial charge in [-0.15, -0.1) is 0 Å². The Morgan fingerprint density at radius 3 is 2.33 bits per heavy atom. The van der Waals surface area contributed by atoms with Crippen LogP contribution in [0.15, 0.2) is 12.2 Å². The largest absolute Gasteiger partial charge is 0.263 e. The van der Waals surface area contributed by atoms with E-state index < -0.39 is 5.92 Å². The third-order valence-corrected chi connectivity index (χ3v) is 1.63. The highest BCUT2D eigenvalue weighted by molar-refractivity contribution is 4.91. The summed E-state index contributed by atoms with van der Waals surface area (Å²) in [5.41, 5.74) is 0. The average molecular weight is 176 g/mol. The SMILES string of the molecule is CCCCCC/C=C/C(C)(F)F. The molecule has 0 rings (SSSR count). The molecule has 2 heteroatoms. The molecule has 0 nitrogen and oxygen atoms in total. The van der Waals surface area contributed by atoms with Crippen molar-refractivity contribution >= 4 is 0 Å². The predicted octanol–water partition coefficient (Wildman–Crippen LogP) is 4.17. The first-order valence-electron chi connectivity index (χ1n) is 4.62. The molecule has 0 N–H and O–H groups in total. The van der Waals surface area contributed by atoms with Gasteiger partial charge in [-0.1, -0.05) is 32.3 Å². The zero-order valence-electron chi connectivity index (χ0n) is 7.95. The molecule has 0 aliphatic carbocycles. The zero-order valence-corrected chi connectivity index (χ0v) is 7.95. The minimum atomic E-state index is -2.63. The van der Waals surface area contributed by atoms with E-state index >= 15 is 0 Å². The normalized spacial score (nSPS) is 12.7. The standard InChI is InChI=1S/C10H18F2/c1-3-4-5-6-7-8-9-10(2,11)12/h8-9H,3-7H2,1-2H3/b9-8+. The van der Waals surface area contributed by atoms with Crippen LogP contribution in [0.2, 0.25) is 0 Å². The summed E-state index contributed by atoms with van der Waals surface area (Å²) in [6.45, 7) is 3.05. The Hall–Kier alpha value is -0.400. The third kappa shape index (κ3) is 9.60. The lowest BCUT2D eigenvalue weighted by atomic mass is 10.1. The monoisotopic (exact) mass is 176 g/mol. The number of allylic oxidation sites excluding steroid dienone is 2. The lowest BCUT2D eigenvalue weighted by Gasteiger charge is -2.01. The molecule has 0 saturated carbocycles. The van der Waals surface area contributed by atoms with E-state index in [9.17, 15) is 8.78 Å². The minimum Gasteiger partial charge on any atom is -0.202 e. The molecule has 0 aromatic carbocycles. The molecular formula is C10H18F2. The Bertz CT molecular complexity index is 122. The first-order valence-corrected chi connectivity index (χ1v) is 4.62. The molecule has 0 saturated heterocycles. The molecule has 0 aliphatic heterocycles. The molecule has 0 aromatic heterocycles. The van der Waals surface area contributed by atoms with E-state index in [4.69, 9.17) is 0 Å². The highest BCUT2D eigenvalue weighted by atomic mass is 19.3. The number of hydrogen-bond acceptors (Lipinski definition) is 0. The molecule has 0 aliphatic rings. The number of halogens is 2. The van der Waals surface area contributed by atoms with E-state index in [1.54, 1.807) is 6.08 Å². The summed E-state index contributed by atoms with van der Waals surface area (Å²) >= 11 is 0. The topological polar surface area (TPSA) is 0 Å². The second kappa shape index (κ2) is 6.15. The van der Waals surface area contributed by atoms with Crippen LogP contribution in [-0.4, -0.2) is 5.92 Å². The van der Waals surface area contributed by atoms with Gasteiger partial charge < -0.3 is 0 Å². The van der Waals surface area contributed by atoms with Gasteiger partial charge in [0, 0.05) is 6.92 Å². The van der Waals surface area contributed by atoms with Gasteiger partial charge in [-0.25, -0.2) is 8.78 Å². The van der Waals surface area contributed by atoms with Crippen molar-refractivity contribution in [1.82, 2.24) is 0 Å². The van der Waals surface area contributed by atoms with E-state index in [0.29, 0.717) is 0 Å². The van der Waals surface area contributed by atoms with Gasteiger partial charge >= 0.3 is 0 Å². The van der Waals surface area contributed by atoms with Gasteiger partial charge in [-0.3, -0.25) is 0 Å². The summed E-state index contributed by atoms with van der Waals surface area (Å²) in [4.78, 5) is 0. The van der Waals surface area contributed by atoms with Gasteiger partial charge in [0.2, 0.25) is 0 Å². The molecule has 0 bridgehead atoms. The van der Waals surface area contributed by atoms with Gasteiger partial charge in [0.05, 0.1) is 0 Å². The van der Waals surface area contributed by atoms with Crippen molar-refractivity contribution in [2.24, 2.45) is 0 Å². The zero-order chi connectivity index (χ0) is 9.45. The van der Waals surface area contributed by atoms with E-state index in [1.165, 1.54) is 12.8 Å². The van der Waals surface area contributed by atoms with Crippen LogP contribution in [-0.2, 0) is 0 Å².